The van der Waals surface area contributed by atoms with Crippen molar-refractivity contribution in [3.05, 3.63) is 58.1 Å². The molecule has 0 aromatic heterocycles. The number of rotatable bonds is 4. The lowest BCUT2D eigenvalue weighted by Crippen LogP contribution is -2.14. The summed E-state index contributed by atoms with van der Waals surface area (Å²) < 4.78 is 4.69. The highest BCUT2D eigenvalue weighted by Gasteiger charge is 2.14. The first kappa shape index (κ1) is 17.4. The summed E-state index contributed by atoms with van der Waals surface area (Å²) in [5.74, 6) is -0.779. The molecule has 2 aromatic rings. The van der Waals surface area contributed by atoms with Crippen LogP contribution in [0.15, 0.2) is 41.3 Å². The Kier molecular flexibility index (Phi) is 5.69. The van der Waals surface area contributed by atoms with Gasteiger partial charge in [-0.15, -0.1) is 11.8 Å². The molecule has 0 unspecified atom stereocenters. The highest BCUT2D eigenvalue weighted by atomic mass is 35.5. The molecular formula is C17H16ClNO3S. The van der Waals surface area contributed by atoms with E-state index in [1.165, 1.54) is 18.9 Å². The summed E-state index contributed by atoms with van der Waals surface area (Å²) in [4.78, 5) is 25.0. The Morgan fingerprint density at radius 3 is 2.57 bits per heavy atom. The van der Waals surface area contributed by atoms with E-state index in [9.17, 15) is 9.59 Å². The number of hydrogen-bond acceptors (Lipinski definition) is 4. The Labute approximate surface area is 144 Å². The average Bonchev–Trinajstić information content (AvgIpc) is 2.56. The van der Waals surface area contributed by atoms with Crippen LogP contribution in [0.4, 0.5) is 5.69 Å². The van der Waals surface area contributed by atoms with E-state index < -0.39 is 5.97 Å². The second-order valence-electron chi connectivity index (χ2n) is 4.82. The van der Waals surface area contributed by atoms with Gasteiger partial charge in [0, 0.05) is 10.6 Å². The van der Waals surface area contributed by atoms with Gasteiger partial charge in [-0.1, -0.05) is 17.7 Å². The van der Waals surface area contributed by atoms with Gasteiger partial charge < -0.3 is 10.1 Å². The van der Waals surface area contributed by atoms with Crippen molar-refractivity contribution in [1.82, 2.24) is 0 Å². The number of carbonyl (C=O) groups excluding carboxylic acids is 2. The molecule has 4 nitrogen and oxygen atoms in total. The van der Waals surface area contributed by atoms with Crippen LogP contribution in [0.1, 0.15) is 26.3 Å². The molecule has 0 aliphatic heterocycles. The summed E-state index contributed by atoms with van der Waals surface area (Å²) in [7, 11) is 1.31. The van der Waals surface area contributed by atoms with Crippen molar-refractivity contribution in [2.24, 2.45) is 0 Å². The molecule has 120 valence electrons. The molecule has 0 fully saturated rings. The van der Waals surface area contributed by atoms with Gasteiger partial charge in [0.25, 0.3) is 5.91 Å². The Hall–Kier alpha value is -1.98. The molecular weight excluding hydrogens is 334 g/mol. The first-order valence-electron chi connectivity index (χ1n) is 6.80. The lowest BCUT2D eigenvalue weighted by atomic mass is 10.1. The monoisotopic (exact) mass is 349 g/mol. The maximum absolute atomic E-state index is 12.5. The molecule has 0 aliphatic rings. The lowest BCUT2D eigenvalue weighted by molar-refractivity contribution is 0.0600. The first-order chi connectivity index (χ1) is 11.0. The summed E-state index contributed by atoms with van der Waals surface area (Å²) in [5.41, 5.74) is 2.14. The molecule has 2 aromatic carbocycles. The molecule has 0 bridgehead atoms. The number of carbonyl (C=O) groups is 2. The zero-order chi connectivity index (χ0) is 17.0. The molecule has 0 saturated heterocycles. The molecule has 0 aliphatic carbocycles. The molecule has 23 heavy (non-hydrogen) atoms. The van der Waals surface area contributed by atoms with Gasteiger partial charge >= 0.3 is 5.97 Å². The van der Waals surface area contributed by atoms with Crippen LogP contribution >= 0.6 is 23.4 Å². The maximum Gasteiger partial charge on any atom is 0.337 e. The van der Waals surface area contributed by atoms with Crippen LogP contribution in [-0.2, 0) is 4.74 Å². The number of amides is 1. The van der Waals surface area contributed by atoms with Crippen molar-refractivity contribution in [2.45, 2.75) is 11.8 Å². The van der Waals surface area contributed by atoms with Crippen LogP contribution < -0.4 is 5.32 Å². The maximum atomic E-state index is 12.5. The lowest BCUT2D eigenvalue weighted by Gasteiger charge is -2.11. The van der Waals surface area contributed by atoms with Crippen LogP contribution in [0.3, 0.4) is 0 Å². The van der Waals surface area contributed by atoms with Gasteiger partial charge in [0.1, 0.15) is 0 Å². The van der Waals surface area contributed by atoms with Crippen LogP contribution in [0.2, 0.25) is 5.02 Å². The van der Waals surface area contributed by atoms with Gasteiger partial charge in [0.2, 0.25) is 0 Å². The molecule has 0 radical (unpaired) electrons. The van der Waals surface area contributed by atoms with Crippen LogP contribution in [0, 0.1) is 6.92 Å². The standard InChI is InChI=1S/C17H16ClNO3S/c1-10-4-5-11(17(21)22-2)8-15(10)19-16(20)13-9-12(23-3)6-7-14(13)18/h4-9H,1-3H3,(H,19,20). The summed E-state index contributed by atoms with van der Waals surface area (Å²) in [6.07, 6.45) is 1.93. The van der Waals surface area contributed by atoms with E-state index in [0.717, 1.165) is 10.5 Å². The molecule has 0 heterocycles. The number of nitrogens with one attached hydrogen (secondary N) is 1. The summed E-state index contributed by atoms with van der Waals surface area (Å²) in [6, 6.07) is 10.3. The fourth-order valence-electron chi connectivity index (χ4n) is 2.00. The van der Waals surface area contributed by atoms with Gasteiger partial charge in [0.15, 0.2) is 0 Å². The Bertz CT molecular complexity index is 761. The Morgan fingerprint density at radius 2 is 1.91 bits per heavy atom. The van der Waals surface area contributed by atoms with Crippen LogP contribution in [-0.4, -0.2) is 25.2 Å². The fraction of sp³-hybridized carbons (Fsp3) is 0.176. The Morgan fingerprint density at radius 1 is 1.17 bits per heavy atom. The summed E-state index contributed by atoms with van der Waals surface area (Å²) >= 11 is 7.64. The molecule has 1 N–H and O–H groups in total. The highest BCUT2D eigenvalue weighted by molar-refractivity contribution is 7.98. The van der Waals surface area contributed by atoms with E-state index in [1.807, 2.05) is 19.2 Å². The van der Waals surface area contributed by atoms with E-state index in [4.69, 9.17) is 16.3 Å². The number of anilines is 1. The second-order valence-corrected chi connectivity index (χ2v) is 6.11. The number of methoxy groups -OCH3 is 1. The fourth-order valence-corrected chi connectivity index (χ4v) is 2.64. The highest BCUT2D eigenvalue weighted by Crippen LogP contribution is 2.25. The third-order valence-corrected chi connectivity index (χ3v) is 4.38. The number of hydrogen-bond donors (Lipinski definition) is 1. The molecule has 0 spiro atoms. The van der Waals surface area contributed by atoms with Crippen molar-refractivity contribution < 1.29 is 14.3 Å². The van der Waals surface area contributed by atoms with Gasteiger partial charge in [-0.3, -0.25) is 4.79 Å². The minimum absolute atomic E-state index is 0.323. The SMILES string of the molecule is COC(=O)c1ccc(C)c(NC(=O)c2cc(SC)ccc2Cl)c1. The van der Waals surface area contributed by atoms with Crippen molar-refractivity contribution in [1.29, 1.82) is 0 Å². The second kappa shape index (κ2) is 7.53. The van der Waals surface area contributed by atoms with Gasteiger partial charge in [0.05, 0.1) is 23.3 Å². The van der Waals surface area contributed by atoms with Crippen molar-refractivity contribution in [3.8, 4) is 0 Å². The van der Waals surface area contributed by atoms with E-state index in [2.05, 4.69) is 5.32 Å². The number of halogens is 1. The largest absolute Gasteiger partial charge is 0.465 e. The summed E-state index contributed by atoms with van der Waals surface area (Å²) in [5, 5.41) is 3.17. The summed E-state index contributed by atoms with van der Waals surface area (Å²) in [6.45, 7) is 1.84. The smallest absolute Gasteiger partial charge is 0.337 e. The predicted octanol–water partition coefficient (Wildman–Crippen LogP) is 4.41. The zero-order valence-electron chi connectivity index (χ0n) is 13.0. The number of ether oxygens (including phenoxy) is 1. The molecule has 0 atom stereocenters. The van der Waals surface area contributed by atoms with Gasteiger partial charge in [-0.25, -0.2) is 4.79 Å². The zero-order valence-corrected chi connectivity index (χ0v) is 14.5. The van der Waals surface area contributed by atoms with E-state index in [1.54, 1.807) is 30.3 Å². The van der Waals surface area contributed by atoms with Crippen molar-refractivity contribution >= 4 is 40.9 Å². The molecule has 0 saturated carbocycles. The average molecular weight is 350 g/mol. The predicted molar refractivity (Wildman–Crippen MR) is 93.7 cm³/mol. The normalized spacial score (nSPS) is 10.3. The number of thioether (sulfide) groups is 1. The number of esters is 1. The van der Waals surface area contributed by atoms with Gasteiger partial charge in [-0.2, -0.15) is 0 Å². The quantitative estimate of drug-likeness (QED) is 0.656. The number of aryl methyl sites for hydroxylation is 1. The molecule has 2 rings (SSSR count). The van der Waals surface area contributed by atoms with E-state index in [-0.39, 0.29) is 5.91 Å². The Balaban J connectivity index is 2.32. The molecule has 6 heteroatoms. The van der Waals surface area contributed by atoms with Crippen molar-refractivity contribution in [2.75, 3.05) is 18.7 Å². The topological polar surface area (TPSA) is 55.4 Å². The minimum Gasteiger partial charge on any atom is -0.465 e. The van der Waals surface area contributed by atoms with E-state index >= 15 is 0 Å². The first-order valence-corrected chi connectivity index (χ1v) is 8.40. The molecule has 1 amide bonds. The third kappa shape index (κ3) is 4.06. The van der Waals surface area contributed by atoms with Crippen LogP contribution in [0.25, 0.3) is 0 Å². The minimum atomic E-state index is -0.456. The van der Waals surface area contributed by atoms with Crippen LogP contribution in [0.5, 0.6) is 0 Å². The van der Waals surface area contributed by atoms with Crippen molar-refractivity contribution in [3.63, 3.8) is 0 Å². The van der Waals surface area contributed by atoms with Gasteiger partial charge in [-0.05, 0) is 49.1 Å². The third-order valence-electron chi connectivity index (χ3n) is 3.33. The van der Waals surface area contributed by atoms with E-state index in [0.29, 0.717) is 21.8 Å². The number of benzene rings is 2.